The van der Waals surface area contributed by atoms with Crippen molar-refractivity contribution in [3.63, 3.8) is 0 Å². The van der Waals surface area contributed by atoms with Crippen LogP contribution in [0.2, 0.25) is 0 Å². The van der Waals surface area contributed by atoms with Crippen molar-refractivity contribution >= 4 is 38.4 Å². The van der Waals surface area contributed by atoms with E-state index < -0.39 is 0 Å². The maximum absolute atomic E-state index is 5.32. The zero-order valence-corrected chi connectivity index (χ0v) is 31.8. The standard InChI is InChI=1S/C55H37N3/c1-2-12-39-29-41(28-23-36(39)11-1)40-15-9-18-45(30-40)55-57-53(38-26-24-37(25-27-38)52-35-56-34-46-14-4-6-20-48(46)52)33-54(58-55)44-17-10-16-42(31-44)51-32-43-13-3-5-19-47(43)49-21-7-8-22-50(49)51/h1-2,4-12,14-35H,3,13H2. The quantitative estimate of drug-likeness (QED) is 0.170. The second kappa shape index (κ2) is 14.2. The predicted octanol–water partition coefficient (Wildman–Crippen LogP) is 14.3. The summed E-state index contributed by atoms with van der Waals surface area (Å²) in [6.07, 6.45) is 10.6. The second-order valence-corrected chi connectivity index (χ2v) is 15.2. The molecule has 1 aliphatic carbocycles. The highest BCUT2D eigenvalue weighted by Crippen LogP contribution is 2.39. The van der Waals surface area contributed by atoms with Crippen molar-refractivity contribution in [3.8, 4) is 67.3 Å². The van der Waals surface area contributed by atoms with Crippen LogP contribution in [0, 0.1) is 0 Å². The third kappa shape index (κ3) is 6.14. The van der Waals surface area contributed by atoms with E-state index in [1.807, 2.05) is 12.4 Å². The lowest BCUT2D eigenvalue weighted by atomic mass is 9.87. The Labute approximate surface area is 337 Å². The van der Waals surface area contributed by atoms with Gasteiger partial charge in [-0.05, 0) is 109 Å². The minimum absolute atomic E-state index is 0.689. The van der Waals surface area contributed by atoms with E-state index in [2.05, 4.69) is 193 Å². The van der Waals surface area contributed by atoms with Crippen molar-refractivity contribution in [1.29, 1.82) is 0 Å². The third-order valence-electron chi connectivity index (χ3n) is 11.6. The number of hydrogen-bond donors (Lipinski definition) is 0. The maximum atomic E-state index is 5.32. The minimum Gasteiger partial charge on any atom is -0.263 e. The smallest absolute Gasteiger partial charge is 0.160 e. The highest BCUT2D eigenvalue weighted by atomic mass is 14.9. The van der Waals surface area contributed by atoms with Crippen molar-refractivity contribution in [1.82, 2.24) is 15.0 Å². The summed E-state index contributed by atoms with van der Waals surface area (Å²) in [5.41, 5.74) is 14.5. The van der Waals surface area contributed by atoms with Crippen LogP contribution in [-0.4, -0.2) is 15.0 Å². The summed E-state index contributed by atoms with van der Waals surface area (Å²) in [5, 5.41) is 7.33. The number of allylic oxidation sites excluding steroid dienone is 1. The van der Waals surface area contributed by atoms with Crippen LogP contribution in [0.4, 0.5) is 0 Å². The molecular formula is C55H37N3. The number of fused-ring (bicyclic) bond motifs is 5. The van der Waals surface area contributed by atoms with E-state index in [-0.39, 0.29) is 0 Å². The lowest BCUT2D eigenvalue weighted by Gasteiger charge is -2.18. The number of pyridine rings is 1. The van der Waals surface area contributed by atoms with Crippen molar-refractivity contribution in [2.24, 2.45) is 0 Å². The molecule has 0 unspecified atom stereocenters. The maximum Gasteiger partial charge on any atom is 0.160 e. The normalized spacial score (nSPS) is 12.3. The predicted molar refractivity (Wildman–Crippen MR) is 242 cm³/mol. The molecule has 58 heavy (non-hydrogen) atoms. The first kappa shape index (κ1) is 33.8. The summed E-state index contributed by atoms with van der Waals surface area (Å²) in [4.78, 5) is 15.1. The topological polar surface area (TPSA) is 38.7 Å². The monoisotopic (exact) mass is 739 g/mol. The molecule has 10 aromatic rings. The zero-order chi connectivity index (χ0) is 38.4. The van der Waals surface area contributed by atoms with Gasteiger partial charge in [-0.3, -0.25) is 4.98 Å². The molecule has 0 spiro atoms. The molecule has 2 aromatic heterocycles. The number of aryl methyl sites for hydroxylation is 1. The van der Waals surface area contributed by atoms with E-state index in [0.29, 0.717) is 5.82 Å². The highest BCUT2D eigenvalue weighted by molar-refractivity contribution is 6.03. The summed E-state index contributed by atoms with van der Waals surface area (Å²) < 4.78 is 0. The van der Waals surface area contributed by atoms with E-state index in [4.69, 9.17) is 9.97 Å². The number of hydrogen-bond acceptors (Lipinski definition) is 3. The van der Waals surface area contributed by atoms with E-state index in [9.17, 15) is 0 Å². The lowest BCUT2D eigenvalue weighted by Crippen LogP contribution is -1.98. The summed E-state index contributed by atoms with van der Waals surface area (Å²) in [5.74, 6) is 0.689. The van der Waals surface area contributed by atoms with Crippen molar-refractivity contribution in [2.45, 2.75) is 12.8 Å². The molecule has 1 aliphatic rings. The van der Waals surface area contributed by atoms with Crippen molar-refractivity contribution in [3.05, 3.63) is 206 Å². The fourth-order valence-corrected chi connectivity index (χ4v) is 8.63. The summed E-state index contributed by atoms with van der Waals surface area (Å²) in [6, 6.07) is 63.1. The van der Waals surface area contributed by atoms with Gasteiger partial charge in [0.25, 0.3) is 0 Å². The summed E-state index contributed by atoms with van der Waals surface area (Å²) in [6.45, 7) is 0. The number of benzene rings is 8. The Morgan fingerprint density at radius 3 is 1.88 bits per heavy atom. The van der Waals surface area contributed by atoms with Gasteiger partial charge in [-0.15, -0.1) is 0 Å². The minimum atomic E-state index is 0.689. The van der Waals surface area contributed by atoms with Crippen molar-refractivity contribution in [2.75, 3.05) is 0 Å². The van der Waals surface area contributed by atoms with E-state index in [1.54, 1.807) is 0 Å². The van der Waals surface area contributed by atoms with Gasteiger partial charge < -0.3 is 0 Å². The molecule has 0 saturated heterocycles. The Hall–Kier alpha value is -7.49. The van der Waals surface area contributed by atoms with Gasteiger partial charge in [-0.25, -0.2) is 9.97 Å². The van der Waals surface area contributed by atoms with Gasteiger partial charge in [-0.2, -0.15) is 0 Å². The van der Waals surface area contributed by atoms with E-state index in [0.717, 1.165) is 68.6 Å². The van der Waals surface area contributed by atoms with Crippen LogP contribution >= 0.6 is 0 Å². The fraction of sp³-hybridized carbons (Fsp3) is 0.0364. The number of nitrogens with zero attached hydrogens (tertiary/aromatic N) is 3. The van der Waals surface area contributed by atoms with Gasteiger partial charge in [0, 0.05) is 40.0 Å². The molecule has 2 heterocycles. The van der Waals surface area contributed by atoms with Crippen LogP contribution in [0.25, 0.3) is 106 Å². The Kier molecular flexibility index (Phi) is 8.29. The van der Waals surface area contributed by atoms with E-state index >= 15 is 0 Å². The van der Waals surface area contributed by atoms with Gasteiger partial charge in [0.15, 0.2) is 5.82 Å². The number of rotatable bonds is 6. The third-order valence-corrected chi connectivity index (χ3v) is 11.6. The number of aromatic nitrogens is 3. The molecule has 0 fully saturated rings. The first-order valence-electron chi connectivity index (χ1n) is 20.0. The Balaban J connectivity index is 1.05. The average molecular weight is 740 g/mol. The van der Waals surface area contributed by atoms with Gasteiger partial charge in [0.1, 0.15) is 0 Å². The van der Waals surface area contributed by atoms with E-state index in [1.165, 1.54) is 49.2 Å². The van der Waals surface area contributed by atoms with Gasteiger partial charge >= 0.3 is 0 Å². The van der Waals surface area contributed by atoms with Crippen LogP contribution in [0.5, 0.6) is 0 Å². The van der Waals surface area contributed by atoms with Gasteiger partial charge in [0.05, 0.1) is 11.4 Å². The van der Waals surface area contributed by atoms with Gasteiger partial charge in [-0.1, -0.05) is 158 Å². The van der Waals surface area contributed by atoms with Crippen LogP contribution in [0.1, 0.15) is 17.5 Å². The molecule has 0 bridgehead atoms. The average Bonchev–Trinajstić information content (AvgIpc) is 3.31. The fourth-order valence-electron chi connectivity index (χ4n) is 8.63. The molecule has 0 amide bonds. The molecule has 272 valence electrons. The molecule has 0 N–H and O–H groups in total. The lowest BCUT2D eigenvalue weighted by molar-refractivity contribution is 0.990. The molecular weight excluding hydrogens is 703 g/mol. The molecule has 8 aromatic carbocycles. The Bertz CT molecular complexity index is 3230. The molecule has 0 radical (unpaired) electrons. The zero-order valence-electron chi connectivity index (χ0n) is 31.8. The highest BCUT2D eigenvalue weighted by Gasteiger charge is 2.17. The van der Waals surface area contributed by atoms with Crippen LogP contribution in [0.15, 0.2) is 194 Å². The molecule has 0 atom stereocenters. The largest absolute Gasteiger partial charge is 0.263 e. The van der Waals surface area contributed by atoms with Crippen LogP contribution < -0.4 is 0 Å². The molecule has 3 nitrogen and oxygen atoms in total. The molecule has 0 aliphatic heterocycles. The van der Waals surface area contributed by atoms with Crippen LogP contribution in [0.3, 0.4) is 0 Å². The molecule has 0 saturated carbocycles. The Morgan fingerprint density at radius 2 is 1.02 bits per heavy atom. The first-order chi connectivity index (χ1) is 28.7. The SMILES string of the molecule is C1=Cc2c(cc(-c3cccc(-c4cc(-c5ccc(-c6cncc7ccccc67)cc5)nc(-c5cccc(-c6ccc7ccccc7c6)c5)n4)c3)c3ccccc23)CC1. The van der Waals surface area contributed by atoms with Crippen molar-refractivity contribution < 1.29 is 0 Å². The van der Waals surface area contributed by atoms with Gasteiger partial charge in [0.2, 0.25) is 0 Å². The Morgan fingerprint density at radius 1 is 0.379 bits per heavy atom. The molecule has 3 heteroatoms. The first-order valence-corrected chi connectivity index (χ1v) is 20.0. The summed E-state index contributed by atoms with van der Waals surface area (Å²) >= 11 is 0. The summed E-state index contributed by atoms with van der Waals surface area (Å²) in [7, 11) is 0. The van der Waals surface area contributed by atoms with Crippen LogP contribution in [-0.2, 0) is 6.42 Å². The molecule has 11 rings (SSSR count). The second-order valence-electron chi connectivity index (χ2n) is 15.2.